The molecule has 1 rings (SSSR count). The van der Waals surface area contributed by atoms with Crippen molar-refractivity contribution in [2.75, 3.05) is 0 Å². The van der Waals surface area contributed by atoms with Crippen LogP contribution in [0.3, 0.4) is 0 Å². The van der Waals surface area contributed by atoms with Crippen LogP contribution in [-0.2, 0) is 6.42 Å². The van der Waals surface area contributed by atoms with Crippen molar-refractivity contribution < 1.29 is 4.39 Å². The van der Waals surface area contributed by atoms with Crippen LogP contribution < -0.4 is 5.73 Å². The molecule has 0 radical (unpaired) electrons. The van der Waals surface area contributed by atoms with Crippen molar-refractivity contribution in [2.24, 2.45) is 5.73 Å². The van der Waals surface area contributed by atoms with Gasteiger partial charge in [-0.25, -0.2) is 4.39 Å². The van der Waals surface area contributed by atoms with Crippen LogP contribution in [0.25, 0.3) is 0 Å². The molecule has 1 aromatic rings. The molecule has 2 N–H and O–H groups in total. The summed E-state index contributed by atoms with van der Waals surface area (Å²) in [4.78, 5) is 0. The van der Waals surface area contributed by atoms with Gasteiger partial charge in [0.05, 0.1) is 0 Å². The van der Waals surface area contributed by atoms with Gasteiger partial charge in [0, 0.05) is 5.54 Å². The van der Waals surface area contributed by atoms with Crippen molar-refractivity contribution >= 4 is 0 Å². The number of hydrogen-bond acceptors (Lipinski definition) is 1. The van der Waals surface area contributed by atoms with Crippen LogP contribution in [0.1, 0.15) is 32.8 Å². The largest absolute Gasteiger partial charge is 0.325 e. The predicted molar refractivity (Wildman–Crippen MR) is 62.5 cm³/mol. The van der Waals surface area contributed by atoms with Crippen LogP contribution >= 0.6 is 0 Å². The Morgan fingerprint density at radius 1 is 1.13 bits per heavy atom. The fourth-order valence-electron chi connectivity index (χ4n) is 2.08. The van der Waals surface area contributed by atoms with Gasteiger partial charge in [-0.3, -0.25) is 0 Å². The highest BCUT2D eigenvalue weighted by Gasteiger charge is 2.28. The second kappa shape index (κ2) is 4.31. The lowest BCUT2D eigenvalue weighted by Crippen LogP contribution is -2.43. The minimum Gasteiger partial charge on any atom is -0.325 e. The smallest absolute Gasteiger partial charge is 0.107 e. The minimum atomic E-state index is -1.21. The van der Waals surface area contributed by atoms with Gasteiger partial charge in [-0.1, -0.05) is 30.3 Å². The van der Waals surface area contributed by atoms with Crippen LogP contribution in [0.5, 0.6) is 0 Å². The maximum absolute atomic E-state index is 13.5. The summed E-state index contributed by atoms with van der Waals surface area (Å²) in [6.45, 7) is 5.05. The van der Waals surface area contributed by atoms with E-state index in [1.807, 2.05) is 37.3 Å². The Balaban J connectivity index is 2.65. The molecule has 2 heteroatoms. The zero-order chi connectivity index (χ0) is 11.5. The van der Waals surface area contributed by atoms with Gasteiger partial charge in [0.1, 0.15) is 5.67 Å². The molecule has 1 atom stereocenters. The molecule has 0 aliphatic rings. The number of alkyl halides is 1. The summed E-state index contributed by atoms with van der Waals surface area (Å²) in [5, 5.41) is 0. The summed E-state index contributed by atoms with van der Waals surface area (Å²) in [6, 6.07) is 9.97. The first-order valence-corrected chi connectivity index (χ1v) is 5.30. The molecular formula is C13H20FN. The van der Waals surface area contributed by atoms with Crippen molar-refractivity contribution in [1.82, 2.24) is 0 Å². The molecular weight excluding hydrogens is 189 g/mol. The summed E-state index contributed by atoms with van der Waals surface area (Å²) < 4.78 is 13.5. The van der Waals surface area contributed by atoms with Gasteiger partial charge >= 0.3 is 0 Å². The average Bonchev–Trinajstić information content (AvgIpc) is 1.99. The fraction of sp³-hybridized carbons (Fsp3) is 0.538. The summed E-state index contributed by atoms with van der Waals surface area (Å²) in [6.07, 6.45) is 1.08. The Morgan fingerprint density at radius 2 is 1.67 bits per heavy atom. The Labute approximate surface area is 91.5 Å². The lowest BCUT2D eigenvalue weighted by Gasteiger charge is -2.30. The highest BCUT2D eigenvalue weighted by molar-refractivity contribution is 5.17. The van der Waals surface area contributed by atoms with Gasteiger partial charge in [-0.15, -0.1) is 0 Å². The summed E-state index contributed by atoms with van der Waals surface area (Å²) in [7, 11) is 0. The molecule has 1 nitrogen and oxygen atoms in total. The van der Waals surface area contributed by atoms with Gasteiger partial charge in [0.15, 0.2) is 0 Å². The molecule has 0 saturated carbocycles. The monoisotopic (exact) mass is 209 g/mol. The van der Waals surface area contributed by atoms with Gasteiger partial charge in [0.2, 0.25) is 0 Å². The second-order valence-electron chi connectivity index (χ2n) is 5.21. The number of halogens is 1. The van der Waals surface area contributed by atoms with E-state index in [2.05, 4.69) is 0 Å². The number of rotatable bonds is 4. The molecule has 0 aromatic heterocycles. The molecule has 0 spiro atoms. The van der Waals surface area contributed by atoms with Crippen molar-refractivity contribution in [3.63, 3.8) is 0 Å². The highest BCUT2D eigenvalue weighted by atomic mass is 19.1. The number of nitrogens with two attached hydrogens (primary N) is 1. The zero-order valence-electron chi connectivity index (χ0n) is 9.76. The lowest BCUT2D eigenvalue weighted by molar-refractivity contribution is 0.159. The first-order chi connectivity index (χ1) is 6.79. The normalized spacial score (nSPS) is 16.1. The van der Waals surface area contributed by atoms with Crippen LogP contribution in [0.15, 0.2) is 30.3 Å². The molecule has 0 amide bonds. The number of hydrogen-bond donors (Lipinski definition) is 1. The molecule has 0 saturated heterocycles. The summed E-state index contributed by atoms with van der Waals surface area (Å²) >= 11 is 0. The predicted octanol–water partition coefficient (Wildman–Crippen LogP) is 3.08. The van der Waals surface area contributed by atoms with E-state index in [4.69, 9.17) is 5.73 Å². The molecule has 0 aliphatic heterocycles. The Bertz CT molecular complexity index is 298. The van der Waals surface area contributed by atoms with Crippen molar-refractivity contribution in [3.8, 4) is 0 Å². The fourth-order valence-corrected chi connectivity index (χ4v) is 2.08. The van der Waals surface area contributed by atoms with E-state index < -0.39 is 11.2 Å². The molecule has 0 fully saturated rings. The molecule has 0 unspecified atom stereocenters. The van der Waals surface area contributed by atoms with Crippen molar-refractivity contribution in [3.05, 3.63) is 35.9 Å². The van der Waals surface area contributed by atoms with E-state index in [0.717, 1.165) is 5.56 Å². The topological polar surface area (TPSA) is 26.0 Å². The quantitative estimate of drug-likeness (QED) is 0.810. The molecule has 15 heavy (non-hydrogen) atoms. The maximum Gasteiger partial charge on any atom is 0.107 e. The SMILES string of the molecule is CC(C)(F)C[C@@](C)(N)Cc1ccccc1. The zero-order valence-corrected chi connectivity index (χ0v) is 9.76. The standard InChI is InChI=1S/C13H20FN/c1-12(2,14)10-13(3,15)9-11-7-5-4-6-8-11/h4-8H,9-10,15H2,1-3H3/t13-/m0/s1. The third-order valence-corrected chi connectivity index (χ3v) is 2.27. The van der Waals surface area contributed by atoms with Gasteiger partial charge < -0.3 is 5.73 Å². The maximum atomic E-state index is 13.5. The average molecular weight is 209 g/mol. The van der Waals surface area contributed by atoms with E-state index in [9.17, 15) is 4.39 Å². The first kappa shape index (κ1) is 12.2. The van der Waals surface area contributed by atoms with Gasteiger partial charge in [0.25, 0.3) is 0 Å². The Kier molecular flexibility index (Phi) is 3.50. The summed E-state index contributed by atoms with van der Waals surface area (Å²) in [5.41, 5.74) is 5.56. The molecule has 0 heterocycles. The summed E-state index contributed by atoms with van der Waals surface area (Å²) in [5.74, 6) is 0. The van der Waals surface area contributed by atoms with E-state index in [0.29, 0.717) is 12.8 Å². The van der Waals surface area contributed by atoms with Crippen LogP contribution in [-0.4, -0.2) is 11.2 Å². The van der Waals surface area contributed by atoms with Crippen LogP contribution in [0, 0.1) is 0 Å². The number of benzene rings is 1. The van der Waals surface area contributed by atoms with Crippen LogP contribution in [0.4, 0.5) is 4.39 Å². The van der Waals surface area contributed by atoms with Crippen molar-refractivity contribution in [1.29, 1.82) is 0 Å². The van der Waals surface area contributed by atoms with Gasteiger partial charge in [-0.05, 0) is 39.2 Å². The highest BCUT2D eigenvalue weighted by Crippen LogP contribution is 2.24. The first-order valence-electron chi connectivity index (χ1n) is 5.30. The minimum absolute atomic E-state index is 0.370. The van der Waals surface area contributed by atoms with E-state index in [-0.39, 0.29) is 0 Å². The molecule has 0 aliphatic carbocycles. The molecule has 1 aromatic carbocycles. The van der Waals surface area contributed by atoms with Gasteiger partial charge in [-0.2, -0.15) is 0 Å². The van der Waals surface area contributed by atoms with E-state index >= 15 is 0 Å². The third kappa shape index (κ3) is 4.93. The van der Waals surface area contributed by atoms with Crippen molar-refractivity contribution in [2.45, 2.75) is 44.8 Å². The Hall–Kier alpha value is -0.890. The lowest BCUT2D eigenvalue weighted by atomic mass is 9.85. The Morgan fingerprint density at radius 3 is 2.13 bits per heavy atom. The molecule has 0 bridgehead atoms. The molecule has 84 valence electrons. The van der Waals surface area contributed by atoms with Crippen LogP contribution in [0.2, 0.25) is 0 Å². The second-order valence-corrected chi connectivity index (χ2v) is 5.21. The van der Waals surface area contributed by atoms with E-state index in [1.165, 1.54) is 0 Å². The van der Waals surface area contributed by atoms with E-state index in [1.54, 1.807) is 13.8 Å². The third-order valence-electron chi connectivity index (χ3n) is 2.27.